The van der Waals surface area contributed by atoms with Crippen LogP contribution in [-0.2, 0) is 6.42 Å². The lowest BCUT2D eigenvalue weighted by atomic mass is 9.85. The Hall–Kier alpha value is -5.66. The molecule has 0 saturated carbocycles. The summed E-state index contributed by atoms with van der Waals surface area (Å²) in [7, 11) is 0. The quantitative estimate of drug-likeness (QED) is 0.195. The first kappa shape index (κ1) is 26.0. The van der Waals surface area contributed by atoms with Crippen molar-refractivity contribution in [3.8, 4) is 39.1 Å². The fraction of sp³-hybridized carbons (Fsp3) is 0.0233. The zero-order valence-electron chi connectivity index (χ0n) is 24.3. The molecule has 0 aliphatic carbocycles. The molecular formula is C43H30O. The molecule has 1 heterocycles. The van der Waals surface area contributed by atoms with E-state index in [0.29, 0.717) is 5.76 Å². The summed E-state index contributed by atoms with van der Waals surface area (Å²) in [4.78, 5) is 0. The smallest absolute Gasteiger partial charge is 0.138 e. The van der Waals surface area contributed by atoms with Crippen LogP contribution in [0.25, 0.3) is 65.7 Å². The van der Waals surface area contributed by atoms with Crippen LogP contribution in [0.15, 0.2) is 170 Å². The van der Waals surface area contributed by atoms with Crippen molar-refractivity contribution in [3.05, 3.63) is 176 Å². The molecule has 208 valence electrons. The van der Waals surface area contributed by atoms with Crippen LogP contribution in [0.1, 0.15) is 5.56 Å². The Morgan fingerprint density at radius 2 is 1.09 bits per heavy atom. The molecule has 0 unspecified atom stereocenters. The molecule has 44 heavy (non-hydrogen) atoms. The summed E-state index contributed by atoms with van der Waals surface area (Å²) in [5.41, 5.74) is 8.30. The van der Waals surface area contributed by atoms with Gasteiger partial charge in [-0.3, -0.25) is 0 Å². The monoisotopic (exact) mass is 562 g/mol. The minimum Gasteiger partial charge on any atom is -0.457 e. The van der Waals surface area contributed by atoms with Crippen LogP contribution in [0, 0.1) is 0 Å². The van der Waals surface area contributed by atoms with Crippen LogP contribution in [-0.4, -0.2) is 0 Å². The molecule has 1 aliphatic heterocycles. The first-order valence-corrected chi connectivity index (χ1v) is 15.1. The van der Waals surface area contributed by atoms with Crippen LogP contribution in [0.2, 0.25) is 0 Å². The zero-order valence-corrected chi connectivity index (χ0v) is 24.3. The number of hydrogen-bond acceptors (Lipinski definition) is 1. The second-order valence-corrected chi connectivity index (χ2v) is 11.3. The first-order valence-electron chi connectivity index (χ1n) is 15.1. The molecule has 1 aliphatic rings. The van der Waals surface area contributed by atoms with Crippen molar-refractivity contribution in [1.82, 2.24) is 0 Å². The van der Waals surface area contributed by atoms with Gasteiger partial charge in [0.1, 0.15) is 11.5 Å². The molecule has 0 atom stereocenters. The van der Waals surface area contributed by atoms with E-state index < -0.39 is 0 Å². The van der Waals surface area contributed by atoms with Crippen molar-refractivity contribution >= 4 is 32.3 Å². The number of fused-ring (bicyclic) bond motifs is 4. The van der Waals surface area contributed by atoms with E-state index >= 15 is 0 Å². The van der Waals surface area contributed by atoms with Crippen molar-refractivity contribution in [2.45, 2.75) is 6.42 Å². The van der Waals surface area contributed by atoms with E-state index in [9.17, 15) is 0 Å². The van der Waals surface area contributed by atoms with Crippen molar-refractivity contribution in [3.63, 3.8) is 0 Å². The number of hydrogen-bond donors (Lipinski definition) is 0. The van der Waals surface area contributed by atoms with Crippen molar-refractivity contribution in [2.75, 3.05) is 0 Å². The molecule has 0 bridgehead atoms. The molecule has 8 rings (SSSR count). The largest absolute Gasteiger partial charge is 0.457 e. The molecule has 0 saturated heterocycles. The van der Waals surface area contributed by atoms with Crippen LogP contribution < -0.4 is 4.74 Å². The SMILES string of the molecule is C=C1/C=C\C=C/Cc2cccc(-c3ccc(-c4c5ccccc5c(-c5ccc6ccccc6c5)c5ccccc45)cc3)c2O1. The van der Waals surface area contributed by atoms with Gasteiger partial charge in [-0.1, -0.05) is 152 Å². The predicted molar refractivity (Wildman–Crippen MR) is 187 cm³/mol. The van der Waals surface area contributed by atoms with Crippen LogP contribution in [0.5, 0.6) is 5.75 Å². The van der Waals surface area contributed by atoms with Gasteiger partial charge in [-0.25, -0.2) is 0 Å². The van der Waals surface area contributed by atoms with Gasteiger partial charge in [-0.15, -0.1) is 0 Å². The highest BCUT2D eigenvalue weighted by molar-refractivity contribution is 6.21. The maximum atomic E-state index is 6.29. The van der Waals surface area contributed by atoms with Gasteiger partial charge in [0.2, 0.25) is 0 Å². The van der Waals surface area contributed by atoms with E-state index in [0.717, 1.165) is 28.9 Å². The average molecular weight is 563 g/mol. The Bertz CT molecular complexity index is 2230. The molecule has 7 aromatic carbocycles. The second kappa shape index (κ2) is 10.9. The summed E-state index contributed by atoms with van der Waals surface area (Å²) in [6, 6.07) is 48.4. The highest BCUT2D eigenvalue weighted by atomic mass is 16.5. The maximum absolute atomic E-state index is 6.29. The van der Waals surface area contributed by atoms with Gasteiger partial charge in [0.15, 0.2) is 0 Å². The van der Waals surface area contributed by atoms with E-state index in [1.165, 1.54) is 54.6 Å². The normalized spacial score (nSPS) is 14.4. The molecule has 0 amide bonds. The summed E-state index contributed by atoms with van der Waals surface area (Å²) < 4.78 is 6.29. The number of para-hydroxylation sites is 1. The maximum Gasteiger partial charge on any atom is 0.138 e. The molecule has 0 radical (unpaired) electrons. The van der Waals surface area contributed by atoms with Crippen molar-refractivity contribution < 1.29 is 4.74 Å². The molecule has 0 aromatic heterocycles. The van der Waals surface area contributed by atoms with Crippen LogP contribution in [0.4, 0.5) is 0 Å². The van der Waals surface area contributed by atoms with Gasteiger partial charge in [-0.2, -0.15) is 0 Å². The molecule has 0 spiro atoms. The molecule has 1 heteroatoms. The molecular weight excluding hydrogens is 532 g/mol. The second-order valence-electron chi connectivity index (χ2n) is 11.3. The van der Waals surface area contributed by atoms with Crippen LogP contribution >= 0.6 is 0 Å². The summed E-state index contributed by atoms with van der Waals surface area (Å²) >= 11 is 0. The molecule has 0 N–H and O–H groups in total. The molecule has 0 fully saturated rings. The van der Waals surface area contributed by atoms with E-state index in [1.54, 1.807) is 0 Å². The molecule has 7 aromatic rings. The summed E-state index contributed by atoms with van der Waals surface area (Å²) in [5.74, 6) is 1.50. The lowest BCUT2D eigenvalue weighted by Crippen LogP contribution is -1.97. The lowest BCUT2D eigenvalue weighted by Gasteiger charge is -2.19. The number of allylic oxidation sites excluding steroid dienone is 4. The predicted octanol–water partition coefficient (Wildman–Crippen LogP) is 11.7. The van der Waals surface area contributed by atoms with Gasteiger partial charge in [0.05, 0.1) is 0 Å². The van der Waals surface area contributed by atoms with E-state index in [4.69, 9.17) is 4.74 Å². The van der Waals surface area contributed by atoms with Crippen LogP contribution in [0.3, 0.4) is 0 Å². The third-order valence-electron chi connectivity index (χ3n) is 8.65. The fourth-order valence-corrected chi connectivity index (χ4v) is 6.61. The van der Waals surface area contributed by atoms with Gasteiger partial charge in [0, 0.05) is 5.56 Å². The Morgan fingerprint density at radius 3 is 1.80 bits per heavy atom. The van der Waals surface area contributed by atoms with Crippen molar-refractivity contribution in [2.24, 2.45) is 0 Å². The highest BCUT2D eigenvalue weighted by Crippen LogP contribution is 2.45. The minimum absolute atomic E-state index is 0.631. The third kappa shape index (κ3) is 4.51. The van der Waals surface area contributed by atoms with Gasteiger partial charge < -0.3 is 4.74 Å². The van der Waals surface area contributed by atoms with E-state index in [2.05, 4.69) is 146 Å². The fourth-order valence-electron chi connectivity index (χ4n) is 6.61. The zero-order chi connectivity index (χ0) is 29.5. The standard InChI is InChI=1S/C43H30O/c1-29-12-3-2-4-14-33-16-11-21-36(43(33)44-29)31-23-25-32(26-24-31)41-37-17-7-9-19-39(37)42(40-20-10-8-18-38(40)41)35-27-22-30-13-5-6-15-34(30)28-35/h2-13,15-28H,1,14H2/b4-2-,12-3-. The number of ether oxygens (including phenoxy) is 1. The first-order chi connectivity index (χ1) is 21.7. The van der Waals surface area contributed by atoms with Gasteiger partial charge in [0.25, 0.3) is 0 Å². The van der Waals surface area contributed by atoms with Gasteiger partial charge >= 0.3 is 0 Å². The third-order valence-corrected chi connectivity index (χ3v) is 8.65. The Kier molecular flexibility index (Phi) is 6.43. The lowest BCUT2D eigenvalue weighted by molar-refractivity contribution is 0.444. The molecule has 1 nitrogen and oxygen atoms in total. The van der Waals surface area contributed by atoms with E-state index in [1.807, 2.05) is 18.2 Å². The van der Waals surface area contributed by atoms with E-state index in [-0.39, 0.29) is 0 Å². The number of rotatable bonds is 3. The summed E-state index contributed by atoms with van der Waals surface area (Å²) in [5, 5.41) is 7.53. The Morgan fingerprint density at radius 1 is 0.500 bits per heavy atom. The topological polar surface area (TPSA) is 9.23 Å². The Labute approximate surface area is 257 Å². The average Bonchev–Trinajstić information content (AvgIpc) is 3.16. The number of benzene rings is 7. The van der Waals surface area contributed by atoms with Crippen molar-refractivity contribution in [1.29, 1.82) is 0 Å². The Balaban J connectivity index is 1.30. The summed E-state index contributed by atoms with van der Waals surface area (Å²) in [6.45, 7) is 4.10. The highest BCUT2D eigenvalue weighted by Gasteiger charge is 2.18. The summed E-state index contributed by atoms with van der Waals surface area (Å²) in [6.07, 6.45) is 8.89. The minimum atomic E-state index is 0.631. The van der Waals surface area contributed by atoms with Gasteiger partial charge in [-0.05, 0) is 84.3 Å².